The molecule has 4 aliphatic carbocycles. The molecular weight excluding hydrogens is 276 g/mol. The van der Waals surface area contributed by atoms with E-state index < -0.39 is 0 Å². The highest BCUT2D eigenvalue weighted by molar-refractivity contribution is 6.06. The van der Waals surface area contributed by atoms with Gasteiger partial charge in [-0.2, -0.15) is 0 Å². The van der Waals surface area contributed by atoms with Crippen molar-refractivity contribution in [2.24, 2.45) is 28.6 Å². The van der Waals surface area contributed by atoms with E-state index in [-0.39, 0.29) is 22.4 Å². The predicted molar refractivity (Wildman–Crippen MR) is 82.1 cm³/mol. The van der Waals surface area contributed by atoms with Crippen LogP contribution in [0, 0.1) is 28.6 Å². The predicted octanol–water partition coefficient (Wildman–Crippen LogP) is 3.27. The molecule has 3 heteroatoms. The Balaban J connectivity index is 1.76. The van der Waals surface area contributed by atoms with Crippen molar-refractivity contribution in [1.29, 1.82) is 0 Å². The molecule has 0 unspecified atom stereocenters. The van der Waals surface area contributed by atoms with E-state index in [2.05, 4.69) is 13.8 Å². The van der Waals surface area contributed by atoms with Crippen molar-refractivity contribution in [2.75, 3.05) is 0 Å². The summed E-state index contributed by atoms with van der Waals surface area (Å²) in [6, 6.07) is 0. The van der Waals surface area contributed by atoms with Gasteiger partial charge in [-0.15, -0.1) is 0 Å². The third-order valence-corrected chi connectivity index (χ3v) is 7.50. The van der Waals surface area contributed by atoms with E-state index in [4.69, 9.17) is 0 Å². The summed E-state index contributed by atoms with van der Waals surface area (Å²) in [5.41, 5.74) is 0.461. The van der Waals surface area contributed by atoms with Crippen LogP contribution in [0.25, 0.3) is 0 Å². The zero-order valence-corrected chi connectivity index (χ0v) is 13.5. The molecule has 118 valence electrons. The highest BCUT2D eigenvalue weighted by atomic mass is 16.1. The molecule has 22 heavy (non-hydrogen) atoms. The van der Waals surface area contributed by atoms with Crippen LogP contribution in [-0.2, 0) is 14.4 Å². The molecule has 3 nitrogen and oxygen atoms in total. The third kappa shape index (κ3) is 1.65. The van der Waals surface area contributed by atoms with Crippen molar-refractivity contribution < 1.29 is 14.4 Å². The second-order valence-corrected chi connectivity index (χ2v) is 8.36. The van der Waals surface area contributed by atoms with Crippen LogP contribution in [0.3, 0.4) is 0 Å². The molecule has 0 radical (unpaired) electrons. The highest BCUT2D eigenvalue weighted by Gasteiger charge is 2.60. The van der Waals surface area contributed by atoms with E-state index in [1.807, 2.05) is 0 Å². The Labute approximate surface area is 131 Å². The Kier molecular flexibility index (Phi) is 2.87. The van der Waals surface area contributed by atoms with Gasteiger partial charge in [0.25, 0.3) is 0 Å². The lowest BCUT2D eigenvalue weighted by atomic mass is 9.47. The largest absolute Gasteiger partial charge is 0.299 e. The van der Waals surface area contributed by atoms with Crippen LogP contribution in [0.5, 0.6) is 0 Å². The maximum absolute atomic E-state index is 12.7. The van der Waals surface area contributed by atoms with Crippen LogP contribution in [0.1, 0.15) is 58.8 Å². The minimum atomic E-state index is -0.191. The Morgan fingerprint density at radius 3 is 2.45 bits per heavy atom. The van der Waals surface area contributed by atoms with Gasteiger partial charge in [-0.3, -0.25) is 14.4 Å². The molecule has 4 aliphatic rings. The van der Waals surface area contributed by atoms with Crippen LogP contribution in [0.2, 0.25) is 0 Å². The topological polar surface area (TPSA) is 51.2 Å². The average molecular weight is 300 g/mol. The van der Waals surface area contributed by atoms with Gasteiger partial charge in [-0.1, -0.05) is 13.8 Å². The summed E-state index contributed by atoms with van der Waals surface area (Å²) in [6.07, 6.45) is 7.19. The smallest absolute Gasteiger partial charge is 0.159 e. The molecule has 0 aliphatic heterocycles. The lowest BCUT2D eigenvalue weighted by molar-refractivity contribution is -0.138. The van der Waals surface area contributed by atoms with Crippen molar-refractivity contribution in [2.45, 2.75) is 58.8 Å². The standard InChI is InChI=1S/C19H24O3/c1-18-7-5-11(20)9-15(18)16(21)10-12-13-3-4-17(22)19(13,2)8-6-14(12)18/h9,12-14H,3-8,10H2,1-2H3/t12-,13-,14-,18-,19+/m1/s1. The number of hydrogen-bond donors (Lipinski definition) is 0. The second-order valence-electron chi connectivity index (χ2n) is 8.36. The van der Waals surface area contributed by atoms with Gasteiger partial charge < -0.3 is 0 Å². The maximum Gasteiger partial charge on any atom is 0.159 e. The Morgan fingerprint density at radius 2 is 1.68 bits per heavy atom. The van der Waals surface area contributed by atoms with Gasteiger partial charge in [0.2, 0.25) is 0 Å². The van der Waals surface area contributed by atoms with E-state index in [1.165, 1.54) is 0 Å². The molecule has 5 atom stereocenters. The monoisotopic (exact) mass is 300 g/mol. The molecule has 0 aromatic heterocycles. The molecule has 0 bridgehead atoms. The first kappa shape index (κ1) is 14.3. The van der Waals surface area contributed by atoms with Gasteiger partial charge in [0, 0.05) is 30.3 Å². The summed E-state index contributed by atoms with van der Waals surface area (Å²) < 4.78 is 0. The quantitative estimate of drug-likeness (QED) is 0.690. The molecule has 0 N–H and O–H groups in total. The normalized spacial score (nSPS) is 47.6. The first-order valence-corrected chi connectivity index (χ1v) is 8.68. The van der Waals surface area contributed by atoms with E-state index in [0.29, 0.717) is 42.8 Å². The van der Waals surface area contributed by atoms with E-state index in [9.17, 15) is 14.4 Å². The van der Waals surface area contributed by atoms with Gasteiger partial charge >= 0.3 is 0 Å². The molecule has 0 amide bonds. The zero-order chi connectivity index (χ0) is 15.7. The Morgan fingerprint density at radius 1 is 0.955 bits per heavy atom. The van der Waals surface area contributed by atoms with Gasteiger partial charge in [-0.05, 0) is 54.9 Å². The average Bonchev–Trinajstić information content (AvgIpc) is 2.77. The molecule has 4 rings (SSSR count). The molecule has 3 fully saturated rings. The summed E-state index contributed by atoms with van der Waals surface area (Å²) >= 11 is 0. The summed E-state index contributed by atoms with van der Waals surface area (Å²) in [5.74, 6) is 1.87. The Hall–Kier alpha value is -1.25. The number of carbonyl (C=O) groups excluding carboxylic acids is 3. The summed E-state index contributed by atoms with van der Waals surface area (Å²) in [6.45, 7) is 4.32. The van der Waals surface area contributed by atoms with Crippen LogP contribution < -0.4 is 0 Å². The summed E-state index contributed by atoms with van der Waals surface area (Å²) in [4.78, 5) is 36.8. The number of allylic oxidation sites excluding steroid dienone is 1. The van der Waals surface area contributed by atoms with Crippen LogP contribution in [0.15, 0.2) is 11.6 Å². The summed E-state index contributed by atoms with van der Waals surface area (Å²) in [7, 11) is 0. The van der Waals surface area contributed by atoms with Crippen LogP contribution in [0.4, 0.5) is 0 Å². The zero-order valence-electron chi connectivity index (χ0n) is 13.5. The first-order chi connectivity index (χ1) is 10.4. The number of hydrogen-bond acceptors (Lipinski definition) is 3. The highest BCUT2D eigenvalue weighted by Crippen LogP contribution is 2.63. The Bertz CT molecular complexity index is 616. The van der Waals surface area contributed by atoms with Crippen molar-refractivity contribution in [3.63, 3.8) is 0 Å². The minimum Gasteiger partial charge on any atom is -0.299 e. The number of rotatable bonds is 0. The van der Waals surface area contributed by atoms with Crippen molar-refractivity contribution in [1.82, 2.24) is 0 Å². The van der Waals surface area contributed by atoms with Gasteiger partial charge in [0.15, 0.2) is 11.6 Å². The molecule has 3 saturated carbocycles. The van der Waals surface area contributed by atoms with Crippen molar-refractivity contribution in [3.8, 4) is 0 Å². The van der Waals surface area contributed by atoms with E-state index in [0.717, 1.165) is 31.3 Å². The molecule has 0 saturated heterocycles. The van der Waals surface area contributed by atoms with E-state index >= 15 is 0 Å². The number of Topliss-reactive ketones (excluding diaryl/α,β-unsaturated/α-hetero) is 2. The third-order valence-electron chi connectivity index (χ3n) is 7.50. The fourth-order valence-electron chi connectivity index (χ4n) is 6.16. The van der Waals surface area contributed by atoms with Gasteiger partial charge in [-0.25, -0.2) is 0 Å². The number of carbonyl (C=O) groups is 3. The number of ketones is 3. The molecule has 0 aromatic rings. The molecule has 0 spiro atoms. The van der Waals surface area contributed by atoms with Gasteiger partial charge in [0.1, 0.15) is 5.78 Å². The fraction of sp³-hybridized carbons (Fsp3) is 0.737. The van der Waals surface area contributed by atoms with Crippen molar-refractivity contribution >= 4 is 17.3 Å². The van der Waals surface area contributed by atoms with Gasteiger partial charge in [0.05, 0.1) is 0 Å². The maximum atomic E-state index is 12.7. The van der Waals surface area contributed by atoms with Crippen LogP contribution >= 0.6 is 0 Å². The molecular formula is C19H24O3. The first-order valence-electron chi connectivity index (χ1n) is 8.68. The fourth-order valence-corrected chi connectivity index (χ4v) is 6.16. The second kappa shape index (κ2) is 4.39. The molecule has 0 aromatic carbocycles. The SMILES string of the molecule is C[C@]12CCC(=O)C=C1C(=O)C[C@H]1[C@H]2CC[C@]2(C)C(=O)CC[C@H]12. The molecule has 0 heterocycles. The lowest BCUT2D eigenvalue weighted by Gasteiger charge is -2.56. The minimum absolute atomic E-state index is 0.107. The number of fused-ring (bicyclic) bond motifs is 5. The van der Waals surface area contributed by atoms with Crippen molar-refractivity contribution in [3.05, 3.63) is 11.6 Å². The lowest BCUT2D eigenvalue weighted by Crippen LogP contribution is -2.53. The van der Waals surface area contributed by atoms with E-state index in [1.54, 1.807) is 6.08 Å². The summed E-state index contributed by atoms with van der Waals surface area (Å²) in [5, 5.41) is 0. The van der Waals surface area contributed by atoms with Crippen LogP contribution in [-0.4, -0.2) is 17.3 Å².